The van der Waals surface area contributed by atoms with Gasteiger partial charge in [-0.3, -0.25) is 14.4 Å². The van der Waals surface area contributed by atoms with E-state index in [1.165, 1.54) is 39.2 Å². The summed E-state index contributed by atoms with van der Waals surface area (Å²) >= 11 is 1.27. The van der Waals surface area contributed by atoms with Crippen LogP contribution in [0.15, 0.2) is 138 Å². The van der Waals surface area contributed by atoms with Crippen molar-refractivity contribution in [2.45, 2.75) is 10.1 Å². The highest BCUT2D eigenvalue weighted by atomic mass is 32.2. The Morgan fingerprint density at radius 2 is 1.41 bits per heavy atom. The van der Waals surface area contributed by atoms with Crippen LogP contribution < -0.4 is 25.4 Å². The lowest BCUT2D eigenvalue weighted by Crippen LogP contribution is -2.30. The maximum absolute atomic E-state index is 13.8. The molecule has 1 atom stereocenters. The molecule has 0 bridgehead atoms. The van der Waals surface area contributed by atoms with Gasteiger partial charge in [0, 0.05) is 27.8 Å². The van der Waals surface area contributed by atoms with E-state index >= 15 is 0 Å². The van der Waals surface area contributed by atoms with Crippen LogP contribution in [0.5, 0.6) is 11.5 Å². The number of carbonyl (C=O) groups is 4. The van der Waals surface area contributed by atoms with E-state index in [1.54, 1.807) is 91.0 Å². The molecule has 5 aromatic carbocycles. The van der Waals surface area contributed by atoms with Crippen molar-refractivity contribution in [3.8, 4) is 11.5 Å². The number of para-hydroxylation sites is 1. The summed E-state index contributed by atoms with van der Waals surface area (Å²) in [5, 5.41) is 7.76. The zero-order chi connectivity index (χ0) is 36.2. The number of thioether (sulfide) groups is 1. The van der Waals surface area contributed by atoms with E-state index in [0.717, 1.165) is 5.56 Å². The molecule has 1 unspecified atom stereocenters. The van der Waals surface area contributed by atoms with Crippen LogP contribution in [0.2, 0.25) is 0 Å². The van der Waals surface area contributed by atoms with Gasteiger partial charge < -0.3 is 30.2 Å². The van der Waals surface area contributed by atoms with Gasteiger partial charge in [0.2, 0.25) is 5.91 Å². The molecular formula is C40H35N3O7S. The Balaban J connectivity index is 1.42. The van der Waals surface area contributed by atoms with Gasteiger partial charge in [-0.25, -0.2) is 4.79 Å². The van der Waals surface area contributed by atoms with E-state index in [0.29, 0.717) is 38.9 Å². The molecule has 51 heavy (non-hydrogen) atoms. The summed E-state index contributed by atoms with van der Waals surface area (Å²) in [6.07, 6.45) is 1.52. The molecule has 10 nitrogen and oxygen atoms in total. The minimum atomic E-state index is -0.731. The van der Waals surface area contributed by atoms with Crippen LogP contribution >= 0.6 is 11.8 Å². The van der Waals surface area contributed by atoms with E-state index in [1.807, 2.05) is 36.4 Å². The first-order valence-corrected chi connectivity index (χ1v) is 16.6. The number of rotatable bonds is 13. The number of esters is 1. The van der Waals surface area contributed by atoms with Crippen LogP contribution in [-0.4, -0.2) is 45.0 Å². The standard InChI is InChI=1S/C40H35N3O7S/c1-48-30-22-21-28(35(25-30)49-2)23-34(43-37(44)27-15-8-5-9-16-27)38(45)41-29-17-12-18-31(24-29)51-36(26-13-6-4-7-14-26)39(46)42-33-20-11-10-19-32(33)40(47)50-3/h4-25,36H,1-3H3,(H,41,45)(H,42,46)(H,43,44)/b34-23+. The SMILES string of the molecule is COC(=O)c1ccccc1NC(=O)C(Sc1cccc(NC(=O)/C(=C\c2ccc(OC)cc2OC)NC(=O)c2ccccc2)c1)c1ccccc1. The maximum atomic E-state index is 13.8. The molecule has 0 aromatic heterocycles. The van der Waals surface area contributed by atoms with Gasteiger partial charge in [0.05, 0.1) is 32.6 Å². The Hall–Kier alpha value is -6.33. The number of nitrogens with one attached hydrogen (secondary N) is 3. The number of amides is 3. The first kappa shape index (κ1) is 36.0. The fraction of sp³-hybridized carbons (Fsp3) is 0.100. The highest BCUT2D eigenvalue weighted by Crippen LogP contribution is 2.37. The molecule has 5 aromatic rings. The summed E-state index contributed by atoms with van der Waals surface area (Å²) in [5.41, 5.74) is 2.58. The summed E-state index contributed by atoms with van der Waals surface area (Å²) in [6.45, 7) is 0. The second-order valence-electron chi connectivity index (χ2n) is 10.9. The van der Waals surface area contributed by atoms with Gasteiger partial charge in [0.15, 0.2) is 0 Å². The predicted molar refractivity (Wildman–Crippen MR) is 198 cm³/mol. The highest BCUT2D eigenvalue weighted by molar-refractivity contribution is 8.00. The van der Waals surface area contributed by atoms with Crippen LogP contribution in [-0.2, 0) is 14.3 Å². The normalized spacial score (nSPS) is 11.5. The summed E-state index contributed by atoms with van der Waals surface area (Å²) in [6, 6.07) is 36.5. The number of methoxy groups -OCH3 is 3. The predicted octanol–water partition coefficient (Wildman–Crippen LogP) is 7.37. The van der Waals surface area contributed by atoms with Gasteiger partial charge in [-0.2, -0.15) is 0 Å². The Morgan fingerprint density at radius 3 is 2.12 bits per heavy atom. The minimum absolute atomic E-state index is 0.0313. The highest BCUT2D eigenvalue weighted by Gasteiger charge is 2.24. The molecule has 0 heterocycles. The third-order valence-corrected chi connectivity index (χ3v) is 8.79. The molecule has 0 saturated carbocycles. The topological polar surface area (TPSA) is 132 Å². The van der Waals surface area contributed by atoms with Crippen molar-refractivity contribution in [3.63, 3.8) is 0 Å². The van der Waals surface area contributed by atoms with Gasteiger partial charge in [-0.15, -0.1) is 11.8 Å². The molecule has 0 radical (unpaired) electrons. The van der Waals surface area contributed by atoms with Crippen LogP contribution in [0.3, 0.4) is 0 Å². The fourth-order valence-corrected chi connectivity index (χ4v) is 6.08. The van der Waals surface area contributed by atoms with Crippen molar-refractivity contribution in [3.05, 3.63) is 155 Å². The van der Waals surface area contributed by atoms with Crippen LogP contribution in [0.4, 0.5) is 11.4 Å². The van der Waals surface area contributed by atoms with E-state index in [-0.39, 0.29) is 17.2 Å². The third-order valence-electron chi connectivity index (χ3n) is 7.55. The van der Waals surface area contributed by atoms with Crippen LogP contribution in [0, 0.1) is 0 Å². The van der Waals surface area contributed by atoms with Crippen LogP contribution in [0.1, 0.15) is 37.1 Å². The number of benzene rings is 5. The molecule has 3 amide bonds. The average molecular weight is 702 g/mol. The number of anilines is 2. The quantitative estimate of drug-likeness (QED) is 0.0659. The lowest BCUT2D eigenvalue weighted by atomic mass is 10.1. The van der Waals surface area contributed by atoms with Crippen LogP contribution in [0.25, 0.3) is 6.08 Å². The summed E-state index contributed by atoms with van der Waals surface area (Å²) in [7, 11) is 4.31. The van der Waals surface area contributed by atoms with Crippen molar-refractivity contribution in [2.75, 3.05) is 32.0 Å². The summed E-state index contributed by atoms with van der Waals surface area (Å²) < 4.78 is 15.7. The molecule has 0 aliphatic rings. The van der Waals surface area contributed by atoms with Crippen molar-refractivity contribution in [2.24, 2.45) is 0 Å². The van der Waals surface area contributed by atoms with Crippen molar-refractivity contribution in [1.82, 2.24) is 5.32 Å². The molecule has 258 valence electrons. The molecule has 0 saturated heterocycles. The van der Waals surface area contributed by atoms with E-state index in [9.17, 15) is 19.2 Å². The first-order valence-electron chi connectivity index (χ1n) is 15.7. The lowest BCUT2D eigenvalue weighted by molar-refractivity contribution is -0.116. The largest absolute Gasteiger partial charge is 0.497 e. The summed E-state index contributed by atoms with van der Waals surface area (Å²) in [5.74, 6) is -0.995. The molecular weight excluding hydrogens is 667 g/mol. The van der Waals surface area contributed by atoms with Crippen molar-refractivity contribution in [1.29, 1.82) is 0 Å². The maximum Gasteiger partial charge on any atom is 0.339 e. The second-order valence-corrected chi connectivity index (χ2v) is 12.1. The zero-order valence-corrected chi connectivity index (χ0v) is 28.9. The smallest absolute Gasteiger partial charge is 0.339 e. The molecule has 3 N–H and O–H groups in total. The second kappa shape index (κ2) is 17.4. The lowest BCUT2D eigenvalue weighted by Gasteiger charge is -2.19. The molecule has 0 spiro atoms. The minimum Gasteiger partial charge on any atom is -0.497 e. The molecule has 5 rings (SSSR count). The van der Waals surface area contributed by atoms with Gasteiger partial charge in [0.25, 0.3) is 11.8 Å². The first-order chi connectivity index (χ1) is 24.8. The van der Waals surface area contributed by atoms with E-state index < -0.39 is 23.0 Å². The van der Waals surface area contributed by atoms with Gasteiger partial charge in [-0.1, -0.05) is 66.7 Å². The molecule has 11 heteroatoms. The third kappa shape index (κ3) is 9.43. The van der Waals surface area contributed by atoms with E-state index in [4.69, 9.17) is 14.2 Å². The Labute approximate surface area is 299 Å². The number of ether oxygens (including phenoxy) is 3. The number of carbonyl (C=O) groups excluding carboxylic acids is 4. The molecule has 0 fully saturated rings. The number of hydrogen-bond acceptors (Lipinski definition) is 8. The van der Waals surface area contributed by atoms with Gasteiger partial charge >= 0.3 is 5.97 Å². The Bertz CT molecular complexity index is 2050. The number of hydrogen-bond donors (Lipinski definition) is 3. The fourth-order valence-electron chi connectivity index (χ4n) is 5.00. The van der Waals surface area contributed by atoms with Crippen molar-refractivity contribution >= 4 is 52.9 Å². The average Bonchev–Trinajstić information content (AvgIpc) is 3.17. The molecule has 0 aliphatic carbocycles. The van der Waals surface area contributed by atoms with E-state index in [2.05, 4.69) is 16.0 Å². The summed E-state index contributed by atoms with van der Waals surface area (Å²) in [4.78, 5) is 53.8. The van der Waals surface area contributed by atoms with Gasteiger partial charge in [-0.05, 0) is 66.2 Å². The Kier molecular flexibility index (Phi) is 12.2. The Morgan fingerprint density at radius 1 is 0.706 bits per heavy atom. The zero-order valence-electron chi connectivity index (χ0n) is 28.0. The van der Waals surface area contributed by atoms with Gasteiger partial charge in [0.1, 0.15) is 22.4 Å². The van der Waals surface area contributed by atoms with Crippen molar-refractivity contribution < 1.29 is 33.4 Å². The monoisotopic (exact) mass is 701 g/mol. The molecule has 0 aliphatic heterocycles.